The van der Waals surface area contributed by atoms with Gasteiger partial charge in [-0.1, -0.05) is 23.2 Å². The Morgan fingerprint density at radius 3 is 2.18 bits per heavy atom. The van der Waals surface area contributed by atoms with E-state index in [-0.39, 0.29) is 5.91 Å². The average Bonchev–Trinajstić information content (AvgIpc) is 3.33. The van der Waals surface area contributed by atoms with Crippen LogP contribution < -0.4 is 19.7 Å². The lowest BCUT2D eigenvalue weighted by Gasteiger charge is -2.43. The molecule has 0 radical (unpaired) electrons. The number of hydrogen-bond donors (Lipinski definition) is 1. The van der Waals surface area contributed by atoms with Crippen LogP contribution in [0, 0.1) is 0 Å². The van der Waals surface area contributed by atoms with Crippen molar-refractivity contribution in [1.29, 1.82) is 0 Å². The molecule has 2 aromatic carbocycles. The number of aliphatic imine (C=N–C) groups is 1. The number of halogens is 2. The van der Waals surface area contributed by atoms with Gasteiger partial charge in [0.1, 0.15) is 17.3 Å². The minimum absolute atomic E-state index is 0.221. The van der Waals surface area contributed by atoms with Gasteiger partial charge in [-0.2, -0.15) is 0 Å². The summed E-state index contributed by atoms with van der Waals surface area (Å²) in [5, 5.41) is 3.63. The van der Waals surface area contributed by atoms with Gasteiger partial charge in [0.2, 0.25) is 0 Å². The Hall–Kier alpha value is -3.33. The number of anilines is 1. The summed E-state index contributed by atoms with van der Waals surface area (Å²) in [7, 11) is 5.22. The quantitative estimate of drug-likeness (QED) is 0.451. The van der Waals surface area contributed by atoms with Gasteiger partial charge in [0.05, 0.1) is 42.2 Å². The Labute approximate surface area is 238 Å². The molecule has 10 heteroatoms. The lowest BCUT2D eigenvalue weighted by Crippen LogP contribution is -2.55. The highest BCUT2D eigenvalue weighted by Gasteiger charge is 2.27. The van der Waals surface area contributed by atoms with Gasteiger partial charge in [0.15, 0.2) is 0 Å². The second-order valence-corrected chi connectivity index (χ2v) is 10.7. The number of piperazine rings is 1. The molecule has 1 N–H and O–H groups in total. The number of likely N-dealkylation sites (N-methyl/N-ethyl adjacent to an activating group) is 1. The van der Waals surface area contributed by atoms with E-state index >= 15 is 0 Å². The number of ether oxygens (including phenoxy) is 2. The molecule has 1 aromatic heterocycles. The SMILES string of the molecule is COc1cc(OC)c(Cl)c(-c2ccc3c(n2)CN=C3NC(=O)c2ccc(N3C[C@@H](C)N(C)[C@@H](C)C3)cc2)c1Cl. The molecule has 2 aliphatic heterocycles. The maximum atomic E-state index is 13.1. The number of methoxy groups -OCH3 is 2. The van der Waals surface area contributed by atoms with Crippen molar-refractivity contribution in [2.75, 3.05) is 39.3 Å². The minimum Gasteiger partial charge on any atom is -0.495 e. The summed E-state index contributed by atoms with van der Waals surface area (Å²) in [6.45, 7) is 6.70. The monoisotopic (exact) mass is 567 g/mol. The highest BCUT2D eigenvalue weighted by Crippen LogP contribution is 2.45. The van der Waals surface area contributed by atoms with E-state index in [9.17, 15) is 4.79 Å². The third-order valence-corrected chi connectivity index (χ3v) is 8.28. The highest BCUT2D eigenvalue weighted by atomic mass is 35.5. The van der Waals surface area contributed by atoms with E-state index in [1.54, 1.807) is 12.1 Å². The molecular formula is C29H31Cl2N5O3. The summed E-state index contributed by atoms with van der Waals surface area (Å²) in [5.41, 5.74) is 4.23. The second-order valence-electron chi connectivity index (χ2n) is 9.91. The van der Waals surface area contributed by atoms with Crippen molar-refractivity contribution in [3.63, 3.8) is 0 Å². The molecule has 0 spiro atoms. The summed E-state index contributed by atoms with van der Waals surface area (Å²) >= 11 is 13.2. The smallest absolute Gasteiger partial charge is 0.256 e. The average molecular weight is 569 g/mol. The number of carbonyl (C=O) groups is 1. The number of pyridine rings is 1. The minimum atomic E-state index is -0.221. The van der Waals surface area contributed by atoms with Gasteiger partial charge in [0, 0.05) is 53.6 Å². The maximum absolute atomic E-state index is 13.1. The van der Waals surface area contributed by atoms with Crippen LogP contribution in [0.3, 0.4) is 0 Å². The molecule has 3 heterocycles. The van der Waals surface area contributed by atoms with Crippen LogP contribution in [-0.4, -0.2) is 68.1 Å². The molecule has 8 nitrogen and oxygen atoms in total. The molecule has 0 saturated carbocycles. The lowest BCUT2D eigenvalue weighted by atomic mass is 10.1. The number of hydrogen-bond acceptors (Lipinski definition) is 7. The zero-order valence-corrected chi connectivity index (χ0v) is 24.1. The fourth-order valence-corrected chi connectivity index (χ4v) is 5.75. The highest BCUT2D eigenvalue weighted by molar-refractivity contribution is 6.41. The molecule has 0 bridgehead atoms. The third kappa shape index (κ3) is 5.16. The van der Waals surface area contributed by atoms with Gasteiger partial charge in [-0.25, -0.2) is 4.98 Å². The van der Waals surface area contributed by atoms with Crippen molar-refractivity contribution in [3.8, 4) is 22.8 Å². The number of nitrogens with zero attached hydrogens (tertiary/aromatic N) is 4. The van der Waals surface area contributed by atoms with Crippen LogP contribution >= 0.6 is 23.2 Å². The number of fused-ring (bicyclic) bond motifs is 1. The number of amides is 1. The van der Waals surface area contributed by atoms with E-state index in [0.29, 0.717) is 68.5 Å². The Bertz CT molecular complexity index is 1400. The predicted molar refractivity (Wildman–Crippen MR) is 156 cm³/mol. The second kappa shape index (κ2) is 11.0. The summed E-state index contributed by atoms with van der Waals surface area (Å²) in [4.78, 5) is 27.1. The summed E-state index contributed by atoms with van der Waals surface area (Å²) in [6.07, 6.45) is 0. The Kier molecular flexibility index (Phi) is 7.71. The summed E-state index contributed by atoms with van der Waals surface area (Å²) in [6, 6.07) is 13.9. The fraction of sp³-hybridized carbons (Fsp3) is 0.345. The molecule has 1 amide bonds. The van der Waals surface area contributed by atoms with Crippen molar-refractivity contribution in [2.24, 2.45) is 4.99 Å². The molecule has 2 atom stereocenters. The molecule has 0 aliphatic carbocycles. The number of rotatable bonds is 5. The molecule has 204 valence electrons. The van der Waals surface area contributed by atoms with Gasteiger partial charge < -0.3 is 19.7 Å². The predicted octanol–water partition coefficient (Wildman–Crippen LogP) is 5.29. The Morgan fingerprint density at radius 2 is 1.59 bits per heavy atom. The first kappa shape index (κ1) is 27.2. The molecule has 5 rings (SSSR count). The molecule has 2 aliphatic rings. The van der Waals surface area contributed by atoms with Crippen LogP contribution in [-0.2, 0) is 6.54 Å². The van der Waals surface area contributed by atoms with Crippen LogP contribution in [0.4, 0.5) is 5.69 Å². The van der Waals surface area contributed by atoms with Gasteiger partial charge in [-0.15, -0.1) is 0 Å². The molecule has 0 unspecified atom stereocenters. The third-order valence-electron chi connectivity index (χ3n) is 7.53. The first-order chi connectivity index (χ1) is 18.7. The lowest BCUT2D eigenvalue weighted by molar-refractivity contribution is 0.0977. The maximum Gasteiger partial charge on any atom is 0.256 e. The molecular weight excluding hydrogens is 537 g/mol. The van der Waals surface area contributed by atoms with Crippen LogP contribution in [0.15, 0.2) is 47.5 Å². The first-order valence-electron chi connectivity index (χ1n) is 12.7. The normalized spacial score (nSPS) is 18.9. The van der Waals surface area contributed by atoms with E-state index in [0.717, 1.165) is 24.3 Å². The summed E-state index contributed by atoms with van der Waals surface area (Å²) < 4.78 is 10.8. The molecule has 1 saturated heterocycles. The van der Waals surface area contributed by atoms with Crippen molar-refractivity contribution in [1.82, 2.24) is 15.2 Å². The Balaban J connectivity index is 1.32. The van der Waals surface area contributed by atoms with E-state index in [1.165, 1.54) is 14.2 Å². The Morgan fingerprint density at radius 1 is 0.974 bits per heavy atom. The van der Waals surface area contributed by atoms with Gasteiger partial charge in [0.25, 0.3) is 5.91 Å². The van der Waals surface area contributed by atoms with E-state index in [1.807, 2.05) is 30.3 Å². The van der Waals surface area contributed by atoms with E-state index in [4.69, 9.17) is 37.7 Å². The first-order valence-corrected chi connectivity index (χ1v) is 13.5. The van der Waals surface area contributed by atoms with Crippen molar-refractivity contribution < 1.29 is 14.3 Å². The van der Waals surface area contributed by atoms with Crippen molar-refractivity contribution in [3.05, 3.63) is 69.3 Å². The zero-order valence-electron chi connectivity index (χ0n) is 22.6. The van der Waals surface area contributed by atoms with Crippen LogP contribution in [0.25, 0.3) is 11.3 Å². The number of nitrogens with one attached hydrogen (secondary N) is 1. The number of carbonyl (C=O) groups excluding carboxylic acids is 1. The number of aromatic nitrogens is 1. The summed E-state index contributed by atoms with van der Waals surface area (Å²) in [5.74, 6) is 1.13. The van der Waals surface area contributed by atoms with E-state index < -0.39 is 0 Å². The molecule has 1 fully saturated rings. The molecule has 3 aromatic rings. The fourth-order valence-electron chi connectivity index (χ4n) is 5.05. The van der Waals surface area contributed by atoms with Gasteiger partial charge in [-0.05, 0) is 57.3 Å². The van der Waals surface area contributed by atoms with Crippen molar-refractivity contribution >= 4 is 40.6 Å². The standard InChI is InChI=1S/C29H31Cl2N5O3/c1-16-14-36(15-17(2)35(16)3)19-8-6-18(7-9-19)29(37)34-28-20-10-11-21(33-22(20)13-32-28)25-26(30)23(38-4)12-24(39-5)27(25)31/h6-12,16-17H,13-15H2,1-5H3,(H,32,34,37)/t16-,17+. The van der Waals surface area contributed by atoms with Crippen LogP contribution in [0.2, 0.25) is 10.0 Å². The van der Waals surface area contributed by atoms with Gasteiger partial charge in [-0.3, -0.25) is 14.7 Å². The van der Waals surface area contributed by atoms with Crippen LogP contribution in [0.5, 0.6) is 11.5 Å². The van der Waals surface area contributed by atoms with E-state index in [2.05, 4.69) is 41.0 Å². The zero-order chi connectivity index (χ0) is 27.8. The van der Waals surface area contributed by atoms with Crippen molar-refractivity contribution in [2.45, 2.75) is 32.5 Å². The molecule has 39 heavy (non-hydrogen) atoms. The largest absolute Gasteiger partial charge is 0.495 e. The number of benzene rings is 2. The van der Waals surface area contributed by atoms with Gasteiger partial charge >= 0.3 is 0 Å². The topological polar surface area (TPSA) is 79.3 Å². The van der Waals surface area contributed by atoms with Crippen LogP contribution in [0.1, 0.15) is 35.5 Å². The number of amidine groups is 1.